The standard InChI is InChI=1S/C16H16N4O2/c1-22-11-7-5-10(6-8-11)16-19-15-12(17)3-2-4-13(15)20(16)9-14(18)21/h2-8H,9,17H2,1H3,(H2,18,21). The molecule has 1 amide bonds. The molecule has 1 heterocycles. The van der Waals surface area contributed by atoms with E-state index < -0.39 is 5.91 Å². The first-order chi connectivity index (χ1) is 10.6. The smallest absolute Gasteiger partial charge is 0.237 e. The van der Waals surface area contributed by atoms with Crippen LogP contribution in [0.4, 0.5) is 5.69 Å². The number of hydrogen-bond acceptors (Lipinski definition) is 4. The van der Waals surface area contributed by atoms with Crippen molar-refractivity contribution in [2.24, 2.45) is 5.73 Å². The predicted molar refractivity (Wildman–Crippen MR) is 85.3 cm³/mol. The minimum atomic E-state index is -0.434. The van der Waals surface area contributed by atoms with E-state index in [1.54, 1.807) is 17.7 Å². The van der Waals surface area contributed by atoms with E-state index in [1.807, 2.05) is 36.4 Å². The number of anilines is 1. The van der Waals surface area contributed by atoms with E-state index in [2.05, 4.69) is 4.98 Å². The fraction of sp³-hybridized carbons (Fsp3) is 0.125. The fourth-order valence-electron chi connectivity index (χ4n) is 2.45. The van der Waals surface area contributed by atoms with Crippen LogP contribution in [0.3, 0.4) is 0 Å². The summed E-state index contributed by atoms with van der Waals surface area (Å²) in [5.74, 6) is 0.965. The maximum Gasteiger partial charge on any atom is 0.237 e. The molecular formula is C16H16N4O2. The number of imidazole rings is 1. The quantitative estimate of drug-likeness (QED) is 0.717. The number of aromatic nitrogens is 2. The minimum absolute atomic E-state index is 0.0430. The molecular weight excluding hydrogens is 280 g/mol. The largest absolute Gasteiger partial charge is 0.497 e. The van der Waals surface area contributed by atoms with Crippen LogP contribution in [-0.4, -0.2) is 22.6 Å². The Kier molecular flexibility index (Phi) is 3.42. The molecule has 0 aliphatic heterocycles. The molecule has 6 heteroatoms. The molecule has 0 radical (unpaired) electrons. The van der Waals surface area contributed by atoms with Crippen LogP contribution < -0.4 is 16.2 Å². The molecule has 0 aliphatic carbocycles. The molecule has 0 unspecified atom stereocenters. The molecule has 0 saturated heterocycles. The van der Waals surface area contributed by atoms with Gasteiger partial charge in [-0.05, 0) is 36.4 Å². The summed E-state index contributed by atoms with van der Waals surface area (Å²) in [5.41, 5.74) is 14.2. The van der Waals surface area contributed by atoms with E-state index in [4.69, 9.17) is 16.2 Å². The molecule has 4 N–H and O–H groups in total. The van der Waals surface area contributed by atoms with Crippen LogP contribution in [0.1, 0.15) is 0 Å². The van der Waals surface area contributed by atoms with Gasteiger partial charge in [-0.25, -0.2) is 4.98 Å². The van der Waals surface area contributed by atoms with Gasteiger partial charge < -0.3 is 20.8 Å². The maximum atomic E-state index is 11.4. The van der Waals surface area contributed by atoms with Crippen molar-refractivity contribution < 1.29 is 9.53 Å². The number of rotatable bonds is 4. The highest BCUT2D eigenvalue weighted by molar-refractivity contribution is 5.91. The molecule has 1 aromatic heterocycles. The van der Waals surface area contributed by atoms with E-state index >= 15 is 0 Å². The Labute approximate surface area is 127 Å². The van der Waals surface area contributed by atoms with Crippen molar-refractivity contribution in [2.75, 3.05) is 12.8 Å². The van der Waals surface area contributed by atoms with Crippen molar-refractivity contribution in [3.63, 3.8) is 0 Å². The van der Waals surface area contributed by atoms with Gasteiger partial charge in [-0.2, -0.15) is 0 Å². The lowest BCUT2D eigenvalue weighted by Gasteiger charge is -2.07. The van der Waals surface area contributed by atoms with Gasteiger partial charge in [0.05, 0.1) is 18.3 Å². The Balaban J connectivity index is 2.22. The summed E-state index contributed by atoms with van der Waals surface area (Å²) in [6.45, 7) is 0.0430. The van der Waals surface area contributed by atoms with E-state index in [-0.39, 0.29) is 6.54 Å². The summed E-state index contributed by atoms with van der Waals surface area (Å²) < 4.78 is 6.93. The van der Waals surface area contributed by atoms with E-state index in [1.165, 1.54) is 0 Å². The van der Waals surface area contributed by atoms with Crippen molar-refractivity contribution in [2.45, 2.75) is 6.54 Å². The number of primary amides is 1. The Bertz CT molecular complexity index is 837. The van der Waals surface area contributed by atoms with Gasteiger partial charge in [-0.15, -0.1) is 0 Å². The molecule has 3 aromatic rings. The first kappa shape index (κ1) is 13.9. The molecule has 0 saturated carbocycles. The lowest BCUT2D eigenvalue weighted by Crippen LogP contribution is -2.19. The van der Waals surface area contributed by atoms with E-state index in [0.29, 0.717) is 17.0 Å². The monoisotopic (exact) mass is 296 g/mol. The number of fused-ring (bicyclic) bond motifs is 1. The maximum absolute atomic E-state index is 11.4. The molecule has 0 atom stereocenters. The van der Waals surface area contributed by atoms with E-state index in [9.17, 15) is 4.79 Å². The zero-order chi connectivity index (χ0) is 15.7. The number of nitrogens with zero attached hydrogens (tertiary/aromatic N) is 2. The number of para-hydroxylation sites is 1. The van der Waals surface area contributed by atoms with Crippen LogP contribution in [0.5, 0.6) is 5.75 Å². The van der Waals surface area contributed by atoms with Crippen LogP contribution in [-0.2, 0) is 11.3 Å². The van der Waals surface area contributed by atoms with Gasteiger partial charge in [-0.3, -0.25) is 4.79 Å². The summed E-state index contributed by atoms with van der Waals surface area (Å²) >= 11 is 0. The third kappa shape index (κ3) is 2.35. The van der Waals surface area contributed by atoms with Crippen LogP contribution in [0.2, 0.25) is 0 Å². The second-order valence-corrected chi connectivity index (χ2v) is 4.93. The van der Waals surface area contributed by atoms with Gasteiger partial charge >= 0.3 is 0 Å². The van der Waals surface area contributed by atoms with Gasteiger partial charge in [0.25, 0.3) is 0 Å². The molecule has 0 fully saturated rings. The molecule has 6 nitrogen and oxygen atoms in total. The molecule has 0 bridgehead atoms. The first-order valence-electron chi connectivity index (χ1n) is 6.77. The summed E-state index contributed by atoms with van der Waals surface area (Å²) in [5, 5.41) is 0. The van der Waals surface area contributed by atoms with Crippen LogP contribution in [0.25, 0.3) is 22.4 Å². The topological polar surface area (TPSA) is 96.2 Å². The fourth-order valence-corrected chi connectivity index (χ4v) is 2.45. The predicted octanol–water partition coefficient (Wildman–Crippen LogP) is 1.78. The van der Waals surface area contributed by atoms with Gasteiger partial charge in [-0.1, -0.05) is 6.07 Å². The number of amides is 1. The summed E-state index contributed by atoms with van der Waals surface area (Å²) in [4.78, 5) is 16.0. The number of nitrogen functional groups attached to an aromatic ring is 1. The Morgan fingerprint density at radius 2 is 1.95 bits per heavy atom. The van der Waals surface area contributed by atoms with Gasteiger partial charge in [0.15, 0.2) is 0 Å². The minimum Gasteiger partial charge on any atom is -0.497 e. The number of nitrogens with two attached hydrogens (primary N) is 2. The molecule has 2 aromatic carbocycles. The van der Waals surface area contributed by atoms with Gasteiger partial charge in [0.1, 0.15) is 23.6 Å². The van der Waals surface area contributed by atoms with Crippen molar-refractivity contribution in [1.82, 2.24) is 9.55 Å². The zero-order valence-corrected chi connectivity index (χ0v) is 12.1. The van der Waals surface area contributed by atoms with Crippen molar-refractivity contribution in [3.05, 3.63) is 42.5 Å². The summed E-state index contributed by atoms with van der Waals surface area (Å²) in [7, 11) is 1.61. The number of methoxy groups -OCH3 is 1. The van der Waals surface area contributed by atoms with Crippen molar-refractivity contribution >= 4 is 22.6 Å². The number of ether oxygens (including phenoxy) is 1. The zero-order valence-electron chi connectivity index (χ0n) is 12.1. The molecule has 22 heavy (non-hydrogen) atoms. The Morgan fingerprint density at radius 3 is 2.59 bits per heavy atom. The number of carbonyl (C=O) groups excluding carboxylic acids is 1. The average molecular weight is 296 g/mol. The van der Waals surface area contributed by atoms with E-state index in [0.717, 1.165) is 16.8 Å². The Hall–Kier alpha value is -3.02. The molecule has 0 aliphatic rings. The highest BCUT2D eigenvalue weighted by atomic mass is 16.5. The van der Waals surface area contributed by atoms with Crippen molar-refractivity contribution in [3.8, 4) is 17.1 Å². The molecule has 3 rings (SSSR count). The SMILES string of the molecule is COc1ccc(-c2nc3c(N)cccc3n2CC(N)=O)cc1. The number of benzene rings is 2. The highest BCUT2D eigenvalue weighted by Gasteiger charge is 2.15. The Morgan fingerprint density at radius 1 is 1.23 bits per heavy atom. The van der Waals surface area contributed by atoms with Crippen LogP contribution >= 0.6 is 0 Å². The first-order valence-corrected chi connectivity index (χ1v) is 6.77. The lowest BCUT2D eigenvalue weighted by atomic mass is 10.2. The lowest BCUT2D eigenvalue weighted by molar-refractivity contribution is -0.118. The number of carbonyl (C=O) groups is 1. The van der Waals surface area contributed by atoms with Crippen LogP contribution in [0, 0.1) is 0 Å². The second-order valence-electron chi connectivity index (χ2n) is 4.93. The normalized spacial score (nSPS) is 10.8. The third-order valence-electron chi connectivity index (χ3n) is 3.47. The molecule has 0 spiro atoms. The molecule has 112 valence electrons. The number of hydrogen-bond donors (Lipinski definition) is 2. The van der Waals surface area contributed by atoms with Crippen molar-refractivity contribution in [1.29, 1.82) is 0 Å². The van der Waals surface area contributed by atoms with Crippen LogP contribution in [0.15, 0.2) is 42.5 Å². The summed E-state index contributed by atoms with van der Waals surface area (Å²) in [6.07, 6.45) is 0. The second kappa shape index (κ2) is 5.40. The highest BCUT2D eigenvalue weighted by Crippen LogP contribution is 2.28. The van der Waals surface area contributed by atoms with Gasteiger partial charge in [0, 0.05) is 5.56 Å². The third-order valence-corrected chi connectivity index (χ3v) is 3.47. The average Bonchev–Trinajstić information content (AvgIpc) is 2.87. The van der Waals surface area contributed by atoms with Gasteiger partial charge in [0.2, 0.25) is 5.91 Å². The summed E-state index contributed by atoms with van der Waals surface area (Å²) in [6, 6.07) is 12.9.